The van der Waals surface area contributed by atoms with Gasteiger partial charge in [0.15, 0.2) is 0 Å². The average molecular weight is 481 g/mol. The number of carbonyl (C=O) groups excluding carboxylic acids is 1. The van der Waals surface area contributed by atoms with Crippen LogP contribution < -0.4 is 5.43 Å². The molecule has 8 heteroatoms. The van der Waals surface area contributed by atoms with Crippen molar-refractivity contribution in [2.45, 2.75) is 19.6 Å². The number of aryl methyl sites for hydroxylation is 1. The zero-order chi connectivity index (χ0) is 21.7. The first-order chi connectivity index (χ1) is 14.3. The summed E-state index contributed by atoms with van der Waals surface area (Å²) in [5.41, 5.74) is 7.49. The molecule has 30 heavy (non-hydrogen) atoms. The second kappa shape index (κ2) is 10.4. The molecule has 156 valence electrons. The fourth-order valence-electron chi connectivity index (χ4n) is 3.03. The highest BCUT2D eigenvalue weighted by Crippen LogP contribution is 2.27. The molecule has 1 aromatic heterocycles. The van der Waals surface area contributed by atoms with E-state index < -0.39 is 0 Å². The SMILES string of the molecule is Cc1cc(/C=N/NC(=O)CSCc2cccc(Cl)c2)c(C)n1-c1ccc(Cl)c(Cl)c1. The number of hydrazone groups is 1. The molecule has 1 N–H and O–H groups in total. The van der Waals surface area contributed by atoms with E-state index >= 15 is 0 Å². The molecule has 0 fully saturated rings. The predicted molar refractivity (Wildman–Crippen MR) is 129 cm³/mol. The first kappa shape index (κ1) is 22.8. The van der Waals surface area contributed by atoms with Crippen LogP contribution in [0.5, 0.6) is 0 Å². The van der Waals surface area contributed by atoms with Gasteiger partial charge in [0, 0.05) is 33.4 Å². The summed E-state index contributed by atoms with van der Waals surface area (Å²) in [7, 11) is 0. The molecule has 0 aliphatic rings. The number of benzene rings is 2. The molecule has 1 heterocycles. The van der Waals surface area contributed by atoms with E-state index in [0.717, 1.165) is 28.2 Å². The summed E-state index contributed by atoms with van der Waals surface area (Å²) in [4.78, 5) is 12.0. The van der Waals surface area contributed by atoms with Crippen LogP contribution >= 0.6 is 46.6 Å². The quantitative estimate of drug-likeness (QED) is 0.312. The topological polar surface area (TPSA) is 46.4 Å². The van der Waals surface area contributed by atoms with Crippen LogP contribution in [0.1, 0.15) is 22.5 Å². The maximum absolute atomic E-state index is 12.0. The lowest BCUT2D eigenvalue weighted by Crippen LogP contribution is -2.19. The van der Waals surface area contributed by atoms with Crippen LogP contribution in [0.15, 0.2) is 53.6 Å². The average Bonchev–Trinajstić information content (AvgIpc) is 2.97. The standard InChI is InChI=1S/C22H20Cl3N3OS/c1-14-8-17(15(2)28(14)19-6-7-20(24)21(25)10-19)11-26-27-22(29)13-30-12-16-4-3-5-18(23)9-16/h3-11H,12-13H2,1-2H3,(H,27,29)/b26-11+. The number of hydrogen-bond donors (Lipinski definition) is 1. The van der Waals surface area contributed by atoms with E-state index in [0.29, 0.717) is 26.6 Å². The lowest BCUT2D eigenvalue weighted by molar-refractivity contribution is -0.118. The van der Waals surface area contributed by atoms with Gasteiger partial charge in [-0.1, -0.05) is 46.9 Å². The van der Waals surface area contributed by atoms with Crippen LogP contribution in [0.25, 0.3) is 5.69 Å². The molecule has 0 saturated carbocycles. The van der Waals surface area contributed by atoms with Crippen molar-refractivity contribution in [1.82, 2.24) is 9.99 Å². The molecule has 3 aromatic rings. The van der Waals surface area contributed by atoms with Gasteiger partial charge in [0.1, 0.15) is 0 Å². The van der Waals surface area contributed by atoms with Gasteiger partial charge in [-0.3, -0.25) is 4.79 Å². The molecule has 0 spiro atoms. The summed E-state index contributed by atoms with van der Waals surface area (Å²) in [6.07, 6.45) is 1.65. The summed E-state index contributed by atoms with van der Waals surface area (Å²) < 4.78 is 2.06. The van der Waals surface area contributed by atoms with Crippen molar-refractivity contribution >= 4 is 58.7 Å². The van der Waals surface area contributed by atoms with Gasteiger partial charge < -0.3 is 4.57 Å². The minimum atomic E-state index is -0.156. The molecule has 0 radical (unpaired) electrons. The van der Waals surface area contributed by atoms with E-state index in [2.05, 4.69) is 15.1 Å². The number of thioether (sulfide) groups is 1. The van der Waals surface area contributed by atoms with Gasteiger partial charge in [0.25, 0.3) is 0 Å². The second-order valence-electron chi connectivity index (χ2n) is 6.68. The van der Waals surface area contributed by atoms with Crippen LogP contribution in [0, 0.1) is 13.8 Å². The number of carbonyl (C=O) groups is 1. The number of nitrogens with zero attached hydrogens (tertiary/aromatic N) is 2. The van der Waals surface area contributed by atoms with Gasteiger partial charge >= 0.3 is 0 Å². The third kappa shape index (κ3) is 5.82. The molecule has 4 nitrogen and oxygen atoms in total. The first-order valence-corrected chi connectivity index (χ1v) is 11.4. The summed E-state index contributed by atoms with van der Waals surface area (Å²) >= 11 is 19.7. The predicted octanol–water partition coefficient (Wildman–Crippen LogP) is 6.44. The van der Waals surface area contributed by atoms with Crippen molar-refractivity contribution < 1.29 is 4.79 Å². The minimum absolute atomic E-state index is 0.156. The molecule has 0 bridgehead atoms. The fraction of sp³-hybridized carbons (Fsp3) is 0.182. The van der Waals surface area contributed by atoms with Crippen LogP contribution in [0.2, 0.25) is 15.1 Å². The van der Waals surface area contributed by atoms with Gasteiger partial charge in [-0.2, -0.15) is 5.10 Å². The summed E-state index contributed by atoms with van der Waals surface area (Å²) in [6.45, 7) is 3.98. The third-order valence-electron chi connectivity index (χ3n) is 4.42. The molecule has 3 rings (SSSR count). The van der Waals surface area contributed by atoms with Crippen molar-refractivity contribution in [2.75, 3.05) is 5.75 Å². The Morgan fingerprint density at radius 3 is 2.63 bits per heavy atom. The Morgan fingerprint density at radius 2 is 1.90 bits per heavy atom. The zero-order valence-electron chi connectivity index (χ0n) is 16.5. The number of amides is 1. The Labute approximate surface area is 195 Å². The molecular formula is C22H20Cl3N3OS. The number of nitrogens with one attached hydrogen (secondary N) is 1. The Balaban J connectivity index is 1.58. The maximum atomic E-state index is 12.0. The maximum Gasteiger partial charge on any atom is 0.250 e. The lowest BCUT2D eigenvalue weighted by atomic mass is 10.2. The van der Waals surface area contributed by atoms with E-state index in [4.69, 9.17) is 34.8 Å². The molecule has 1 amide bonds. The number of halogens is 3. The second-order valence-corrected chi connectivity index (χ2v) is 8.91. The third-order valence-corrected chi connectivity index (χ3v) is 6.39. The minimum Gasteiger partial charge on any atom is -0.318 e. The molecule has 0 saturated heterocycles. The van der Waals surface area contributed by atoms with E-state index in [1.165, 1.54) is 11.8 Å². The molecule has 0 unspecified atom stereocenters. The highest BCUT2D eigenvalue weighted by atomic mass is 35.5. The Hall–Kier alpha value is -1.92. The van der Waals surface area contributed by atoms with E-state index in [1.54, 1.807) is 12.3 Å². The van der Waals surface area contributed by atoms with E-state index in [1.807, 2.05) is 56.3 Å². The molecular weight excluding hydrogens is 461 g/mol. The van der Waals surface area contributed by atoms with Crippen LogP contribution in [0.3, 0.4) is 0 Å². The van der Waals surface area contributed by atoms with Crippen LogP contribution in [0.4, 0.5) is 0 Å². The van der Waals surface area contributed by atoms with Crippen molar-refractivity contribution in [2.24, 2.45) is 5.10 Å². The highest BCUT2D eigenvalue weighted by Gasteiger charge is 2.11. The molecule has 0 atom stereocenters. The highest BCUT2D eigenvalue weighted by molar-refractivity contribution is 7.99. The van der Waals surface area contributed by atoms with E-state index in [-0.39, 0.29) is 5.91 Å². The Morgan fingerprint density at radius 1 is 1.10 bits per heavy atom. The molecule has 0 aliphatic heterocycles. The summed E-state index contributed by atoms with van der Waals surface area (Å²) in [5, 5.41) is 5.81. The summed E-state index contributed by atoms with van der Waals surface area (Å²) in [6, 6.07) is 15.1. The van der Waals surface area contributed by atoms with Gasteiger partial charge in [-0.25, -0.2) is 5.43 Å². The fourth-order valence-corrected chi connectivity index (χ4v) is 4.31. The van der Waals surface area contributed by atoms with Crippen LogP contribution in [-0.4, -0.2) is 22.4 Å². The van der Waals surface area contributed by atoms with Gasteiger partial charge in [-0.05, 0) is 55.8 Å². The van der Waals surface area contributed by atoms with Gasteiger partial charge in [0.2, 0.25) is 5.91 Å². The van der Waals surface area contributed by atoms with Gasteiger partial charge in [-0.15, -0.1) is 11.8 Å². The van der Waals surface area contributed by atoms with Gasteiger partial charge in [0.05, 0.1) is 22.0 Å². The van der Waals surface area contributed by atoms with Crippen molar-refractivity contribution in [3.05, 3.63) is 86.1 Å². The van der Waals surface area contributed by atoms with Crippen molar-refractivity contribution in [1.29, 1.82) is 0 Å². The first-order valence-electron chi connectivity index (χ1n) is 9.13. The Bertz CT molecular complexity index is 1100. The van der Waals surface area contributed by atoms with Crippen molar-refractivity contribution in [3.8, 4) is 5.69 Å². The monoisotopic (exact) mass is 479 g/mol. The molecule has 0 aliphatic carbocycles. The number of aromatic nitrogens is 1. The normalized spacial score (nSPS) is 11.2. The zero-order valence-corrected chi connectivity index (χ0v) is 19.5. The van der Waals surface area contributed by atoms with Crippen molar-refractivity contribution in [3.63, 3.8) is 0 Å². The number of hydrogen-bond acceptors (Lipinski definition) is 3. The largest absolute Gasteiger partial charge is 0.318 e. The summed E-state index contributed by atoms with van der Waals surface area (Å²) in [5.74, 6) is 0.867. The lowest BCUT2D eigenvalue weighted by Gasteiger charge is -2.10. The van der Waals surface area contributed by atoms with Crippen LogP contribution in [-0.2, 0) is 10.5 Å². The number of rotatable bonds is 7. The smallest absolute Gasteiger partial charge is 0.250 e. The van der Waals surface area contributed by atoms with E-state index in [9.17, 15) is 4.79 Å². The Kier molecular flexibility index (Phi) is 7.89. The molecule has 2 aromatic carbocycles.